The van der Waals surface area contributed by atoms with Crippen LogP contribution in [-0.2, 0) is 17.3 Å². The third-order valence-electron chi connectivity index (χ3n) is 6.83. The monoisotopic (exact) mass is 471 g/mol. The number of fused-ring (bicyclic) bond motifs is 1. The molecular weight excluding hydrogens is 434 g/mol. The van der Waals surface area contributed by atoms with Crippen LogP contribution in [0, 0.1) is 0 Å². The van der Waals surface area contributed by atoms with Crippen LogP contribution in [0.25, 0.3) is 11.6 Å². The van der Waals surface area contributed by atoms with E-state index in [9.17, 15) is 4.79 Å². The van der Waals surface area contributed by atoms with Gasteiger partial charge in [-0.2, -0.15) is 0 Å². The highest BCUT2D eigenvalue weighted by Crippen LogP contribution is 2.50. The molecule has 0 atom stereocenters. The lowest BCUT2D eigenvalue weighted by Gasteiger charge is -2.22. The van der Waals surface area contributed by atoms with E-state index < -0.39 is 5.97 Å². The molecule has 3 aromatic rings. The van der Waals surface area contributed by atoms with Gasteiger partial charge in [0, 0.05) is 5.69 Å². The second-order valence-electron chi connectivity index (χ2n) is 10.7. The van der Waals surface area contributed by atoms with Gasteiger partial charge in [-0.3, -0.25) is 0 Å². The van der Waals surface area contributed by atoms with Crippen LogP contribution in [-0.4, -0.2) is 16.2 Å². The third kappa shape index (κ3) is 5.94. The molecule has 0 aromatic heterocycles. The topological polar surface area (TPSA) is 83.5 Å². The number of carbonyl (C=O) groups is 1. The molecule has 0 bridgehead atoms. The number of carboxylic acids is 1. The molecule has 0 saturated carbocycles. The van der Waals surface area contributed by atoms with E-state index in [4.69, 9.17) is 15.9 Å². The van der Waals surface area contributed by atoms with Crippen LogP contribution in [0.4, 0.5) is 5.69 Å². The molecule has 0 heterocycles. The summed E-state index contributed by atoms with van der Waals surface area (Å²) in [4.78, 5) is 11.0. The zero-order valence-electron chi connectivity index (χ0n) is 21.6. The fraction of sp³-hybridized carbons (Fsp3) is 0.323. The molecule has 1 aliphatic rings. The summed E-state index contributed by atoms with van der Waals surface area (Å²) in [7, 11) is 0. The number of nitrogen functional groups attached to an aromatic ring is 1. The van der Waals surface area contributed by atoms with E-state index in [1.165, 1.54) is 34.2 Å². The van der Waals surface area contributed by atoms with Crippen molar-refractivity contribution in [2.45, 2.75) is 65.2 Å². The number of aryl methyl sites for hydroxylation is 1. The van der Waals surface area contributed by atoms with Gasteiger partial charge >= 0.3 is 5.97 Å². The van der Waals surface area contributed by atoms with Gasteiger partial charge in [0.2, 0.25) is 0 Å². The van der Waals surface area contributed by atoms with E-state index in [1.807, 2.05) is 12.1 Å². The predicted molar refractivity (Wildman–Crippen MR) is 146 cm³/mol. The number of nitrogens with two attached hydrogens (primary N) is 1. The van der Waals surface area contributed by atoms with E-state index in [0.29, 0.717) is 11.3 Å². The Morgan fingerprint density at radius 1 is 0.943 bits per heavy atom. The maximum absolute atomic E-state index is 11.0. The Morgan fingerprint density at radius 2 is 1.49 bits per heavy atom. The predicted octanol–water partition coefficient (Wildman–Crippen LogP) is 7.44. The number of anilines is 1. The van der Waals surface area contributed by atoms with Gasteiger partial charge < -0.3 is 15.9 Å². The molecular formula is C31H37NO3. The first kappa shape index (κ1) is 26.1. The van der Waals surface area contributed by atoms with Gasteiger partial charge in [0.1, 0.15) is 5.75 Å². The first-order chi connectivity index (χ1) is 16.3. The maximum atomic E-state index is 11.0. The summed E-state index contributed by atoms with van der Waals surface area (Å²) in [5.74, 6) is -0.641. The van der Waals surface area contributed by atoms with Crippen LogP contribution < -0.4 is 5.73 Å². The highest BCUT2D eigenvalue weighted by molar-refractivity contribution is 5.88. The van der Waals surface area contributed by atoms with Crippen LogP contribution in [0.5, 0.6) is 5.75 Å². The highest BCUT2D eigenvalue weighted by atomic mass is 16.4. The van der Waals surface area contributed by atoms with Crippen LogP contribution >= 0.6 is 0 Å². The average Bonchev–Trinajstić information content (AvgIpc) is 2.98. The first-order valence-electron chi connectivity index (χ1n) is 12.1. The fourth-order valence-electron chi connectivity index (χ4n) is 5.24. The van der Waals surface area contributed by atoms with Crippen molar-refractivity contribution in [2.75, 3.05) is 5.73 Å². The Balaban J connectivity index is 0.000000363. The lowest BCUT2D eigenvalue weighted by Crippen LogP contribution is -2.18. The quantitative estimate of drug-likeness (QED) is 0.210. The molecule has 0 unspecified atom stereocenters. The van der Waals surface area contributed by atoms with Gasteiger partial charge in [-0.05, 0) is 100 Å². The maximum Gasteiger partial charge on any atom is 0.335 e. The van der Waals surface area contributed by atoms with Gasteiger partial charge in [0.05, 0.1) is 5.56 Å². The Hall–Kier alpha value is -3.53. The molecule has 0 fully saturated rings. The number of carboxylic acid groups (broad SMARTS) is 1. The molecule has 1 aliphatic carbocycles. The number of hydrogen-bond donors (Lipinski definition) is 3. The van der Waals surface area contributed by atoms with Crippen LogP contribution in [0.1, 0.15) is 86.1 Å². The minimum atomic E-state index is -0.890. The summed E-state index contributed by atoms with van der Waals surface area (Å²) >= 11 is 0. The summed E-state index contributed by atoms with van der Waals surface area (Å²) in [5.41, 5.74) is 14.6. The van der Waals surface area contributed by atoms with E-state index in [0.717, 1.165) is 12.0 Å². The van der Waals surface area contributed by atoms with E-state index >= 15 is 0 Å². The number of phenolic OH excluding ortho intramolecular Hbond substituents is 1. The second-order valence-corrected chi connectivity index (χ2v) is 10.7. The second kappa shape index (κ2) is 9.99. The minimum absolute atomic E-state index is 0.184. The molecule has 4 heteroatoms. The van der Waals surface area contributed by atoms with Crippen molar-refractivity contribution in [1.82, 2.24) is 0 Å². The van der Waals surface area contributed by atoms with Gasteiger partial charge in [-0.15, -0.1) is 0 Å². The lowest BCUT2D eigenvalue weighted by atomic mass is 9.82. The Bertz CT molecular complexity index is 1210. The fourth-order valence-corrected chi connectivity index (χ4v) is 5.24. The number of hydrogen-bond acceptors (Lipinski definition) is 3. The molecule has 4 N–H and O–H groups in total. The van der Waals surface area contributed by atoms with Crippen LogP contribution in [0.15, 0.2) is 60.7 Å². The Morgan fingerprint density at radius 3 is 1.97 bits per heavy atom. The van der Waals surface area contributed by atoms with E-state index in [-0.39, 0.29) is 16.6 Å². The molecule has 4 nitrogen and oxygen atoms in total. The lowest BCUT2D eigenvalue weighted by molar-refractivity contribution is 0.0697. The zero-order valence-corrected chi connectivity index (χ0v) is 21.6. The molecule has 0 radical (unpaired) electrons. The van der Waals surface area contributed by atoms with Crippen molar-refractivity contribution in [2.24, 2.45) is 0 Å². The molecule has 4 rings (SSSR count). The Kier molecular flexibility index (Phi) is 7.44. The number of allylic oxidation sites excluding steroid dienone is 1. The molecule has 0 aliphatic heterocycles. The summed E-state index contributed by atoms with van der Waals surface area (Å²) in [6, 6.07) is 18.3. The number of aromatic hydroxyl groups is 1. The van der Waals surface area contributed by atoms with Gasteiger partial charge in [-0.1, -0.05) is 65.0 Å². The molecule has 0 saturated heterocycles. The van der Waals surface area contributed by atoms with Crippen molar-refractivity contribution >= 4 is 23.3 Å². The zero-order chi connectivity index (χ0) is 26.0. The average molecular weight is 472 g/mol. The summed E-state index contributed by atoms with van der Waals surface area (Å²) < 4.78 is 0. The summed E-state index contributed by atoms with van der Waals surface area (Å²) in [6.45, 7) is 13.8. The van der Waals surface area contributed by atoms with E-state index in [1.54, 1.807) is 36.4 Å². The number of phenols is 1. The largest absolute Gasteiger partial charge is 0.508 e. The van der Waals surface area contributed by atoms with Gasteiger partial charge in [0.15, 0.2) is 0 Å². The van der Waals surface area contributed by atoms with Crippen molar-refractivity contribution < 1.29 is 15.0 Å². The van der Waals surface area contributed by atoms with Crippen molar-refractivity contribution in [3.05, 3.63) is 94.0 Å². The summed E-state index contributed by atoms with van der Waals surface area (Å²) in [5, 5.41) is 17.8. The molecule has 35 heavy (non-hydrogen) atoms. The first-order valence-corrected chi connectivity index (χ1v) is 12.1. The third-order valence-corrected chi connectivity index (χ3v) is 6.83. The number of rotatable bonds is 4. The normalized spacial score (nSPS) is 15.7. The summed E-state index contributed by atoms with van der Waals surface area (Å²) in [6.07, 6.45) is 4.32. The number of benzene rings is 3. The SMILES string of the molecule is CCc1cc2c(cc1/C(C)=C/c1ccc(C(=O)O)cc1)C(C)(C)CC2(C)C.Nc1ccc(O)cc1. The molecule has 0 spiro atoms. The standard InChI is InChI=1S/C25H30O2.C6H7NO/c1-7-18-13-21-22(25(5,6)15-24(21,3)4)14-20(18)16(2)12-17-8-10-19(11-9-17)23(26)27;7-5-1-3-6(8)4-2-5/h8-14H,7,15H2,1-6H3,(H,26,27);1-4,8H,7H2/b16-12+;. The van der Waals surface area contributed by atoms with Crippen molar-refractivity contribution in [3.8, 4) is 5.75 Å². The highest BCUT2D eigenvalue weighted by Gasteiger charge is 2.42. The van der Waals surface area contributed by atoms with Crippen LogP contribution in [0.3, 0.4) is 0 Å². The smallest absolute Gasteiger partial charge is 0.335 e. The molecule has 3 aromatic carbocycles. The van der Waals surface area contributed by atoms with Crippen molar-refractivity contribution in [3.63, 3.8) is 0 Å². The minimum Gasteiger partial charge on any atom is -0.508 e. The molecule has 0 amide bonds. The van der Waals surface area contributed by atoms with Gasteiger partial charge in [-0.25, -0.2) is 4.79 Å². The van der Waals surface area contributed by atoms with Gasteiger partial charge in [0.25, 0.3) is 0 Å². The Labute approximate surface area is 209 Å². The van der Waals surface area contributed by atoms with Crippen LogP contribution in [0.2, 0.25) is 0 Å². The molecule has 184 valence electrons. The van der Waals surface area contributed by atoms with E-state index in [2.05, 4.69) is 59.8 Å². The van der Waals surface area contributed by atoms with Crippen molar-refractivity contribution in [1.29, 1.82) is 0 Å². The number of aromatic carboxylic acids is 1.